The molecule has 0 aromatic carbocycles. The van der Waals surface area contributed by atoms with E-state index in [1.807, 2.05) is 13.8 Å². The second kappa shape index (κ2) is 5.79. The molecule has 0 radical (unpaired) electrons. The summed E-state index contributed by atoms with van der Waals surface area (Å²) in [5.74, 6) is -0.222. The van der Waals surface area contributed by atoms with Crippen LogP contribution in [0.1, 0.15) is 20.3 Å². The molecule has 0 saturated carbocycles. The molecule has 5 nitrogen and oxygen atoms in total. The fraction of sp³-hybridized carbons (Fsp3) is 0.600. The minimum Gasteiger partial charge on any atom is -0.358 e. The topological polar surface area (TPSA) is 70.9 Å². The monoisotopic (exact) mass is 241 g/mol. The SMILES string of the molecule is CCC1C(=O)N=C(SCC(=O)NC)N=C1C. The van der Waals surface area contributed by atoms with Crippen LogP contribution in [0.15, 0.2) is 9.98 Å². The van der Waals surface area contributed by atoms with Gasteiger partial charge in [-0.25, -0.2) is 4.99 Å². The number of aliphatic imine (C=N–C) groups is 2. The van der Waals surface area contributed by atoms with Crippen LogP contribution in [-0.2, 0) is 9.59 Å². The Hall–Kier alpha value is -1.17. The van der Waals surface area contributed by atoms with Crippen molar-refractivity contribution in [2.24, 2.45) is 15.9 Å². The molecule has 0 aromatic rings. The third-order valence-electron chi connectivity index (χ3n) is 2.30. The van der Waals surface area contributed by atoms with E-state index in [1.54, 1.807) is 7.05 Å². The summed E-state index contributed by atoms with van der Waals surface area (Å²) in [6.45, 7) is 3.75. The van der Waals surface area contributed by atoms with Crippen LogP contribution < -0.4 is 5.32 Å². The molecule has 88 valence electrons. The molecule has 1 unspecified atom stereocenters. The molecule has 0 spiro atoms. The highest BCUT2D eigenvalue weighted by Gasteiger charge is 2.24. The maximum Gasteiger partial charge on any atom is 0.256 e. The first-order valence-corrected chi connectivity index (χ1v) is 6.08. The Kier molecular flexibility index (Phi) is 4.67. The summed E-state index contributed by atoms with van der Waals surface area (Å²) in [7, 11) is 1.57. The van der Waals surface area contributed by atoms with Crippen molar-refractivity contribution >= 4 is 34.5 Å². The quantitative estimate of drug-likeness (QED) is 0.796. The van der Waals surface area contributed by atoms with E-state index in [0.717, 1.165) is 5.71 Å². The van der Waals surface area contributed by atoms with Crippen LogP contribution in [-0.4, -0.2) is 35.5 Å². The van der Waals surface area contributed by atoms with E-state index in [1.165, 1.54) is 11.8 Å². The van der Waals surface area contributed by atoms with E-state index in [9.17, 15) is 9.59 Å². The Morgan fingerprint density at radius 2 is 2.19 bits per heavy atom. The summed E-state index contributed by atoms with van der Waals surface area (Å²) >= 11 is 1.18. The van der Waals surface area contributed by atoms with Gasteiger partial charge in [0.25, 0.3) is 5.91 Å². The van der Waals surface area contributed by atoms with E-state index >= 15 is 0 Å². The molecule has 1 atom stereocenters. The van der Waals surface area contributed by atoms with Gasteiger partial charge in [0.2, 0.25) is 5.91 Å². The normalized spacial score (nSPS) is 20.2. The van der Waals surface area contributed by atoms with E-state index in [0.29, 0.717) is 11.6 Å². The molecule has 0 saturated heterocycles. The second-order valence-corrected chi connectivity index (χ2v) is 4.35. The van der Waals surface area contributed by atoms with Gasteiger partial charge < -0.3 is 5.32 Å². The summed E-state index contributed by atoms with van der Waals surface area (Å²) in [6.07, 6.45) is 0.713. The largest absolute Gasteiger partial charge is 0.358 e. The number of nitrogens with zero attached hydrogens (tertiary/aromatic N) is 2. The van der Waals surface area contributed by atoms with E-state index in [4.69, 9.17) is 0 Å². The zero-order valence-electron chi connectivity index (χ0n) is 9.61. The van der Waals surface area contributed by atoms with Crippen LogP contribution in [0.4, 0.5) is 0 Å². The Bertz CT molecular complexity index is 363. The first-order valence-electron chi connectivity index (χ1n) is 5.09. The Morgan fingerprint density at radius 3 is 2.69 bits per heavy atom. The molecule has 1 N–H and O–H groups in total. The molecular formula is C10H15N3O2S. The third-order valence-corrected chi connectivity index (χ3v) is 3.15. The van der Waals surface area contributed by atoms with E-state index in [-0.39, 0.29) is 23.5 Å². The molecule has 16 heavy (non-hydrogen) atoms. The standard InChI is InChI=1S/C10H15N3O2S/c1-4-7-6(2)12-10(13-9(7)15)16-5-8(14)11-3/h7H,4-5H2,1-3H3,(H,11,14). The maximum absolute atomic E-state index is 11.6. The number of carbonyl (C=O) groups is 2. The highest BCUT2D eigenvalue weighted by Crippen LogP contribution is 2.17. The van der Waals surface area contributed by atoms with Crippen LogP contribution in [0.3, 0.4) is 0 Å². The molecule has 0 bridgehead atoms. The van der Waals surface area contributed by atoms with E-state index in [2.05, 4.69) is 15.3 Å². The zero-order chi connectivity index (χ0) is 12.1. The fourth-order valence-electron chi connectivity index (χ4n) is 1.34. The molecule has 6 heteroatoms. The van der Waals surface area contributed by atoms with Crippen molar-refractivity contribution in [2.45, 2.75) is 20.3 Å². The number of carbonyl (C=O) groups excluding carboxylic acids is 2. The summed E-state index contributed by atoms with van der Waals surface area (Å²) in [5.41, 5.74) is 0.780. The fourth-order valence-corrected chi connectivity index (χ4v) is 2.11. The highest BCUT2D eigenvalue weighted by molar-refractivity contribution is 8.14. The van der Waals surface area contributed by atoms with Gasteiger partial charge in [0.05, 0.1) is 11.7 Å². The van der Waals surface area contributed by atoms with Gasteiger partial charge in [-0.15, -0.1) is 0 Å². The molecule has 0 aliphatic carbocycles. The van der Waals surface area contributed by atoms with Gasteiger partial charge in [0.15, 0.2) is 5.17 Å². The van der Waals surface area contributed by atoms with Crippen molar-refractivity contribution in [3.63, 3.8) is 0 Å². The third kappa shape index (κ3) is 3.16. The van der Waals surface area contributed by atoms with Crippen LogP contribution in [0.5, 0.6) is 0 Å². The smallest absolute Gasteiger partial charge is 0.256 e. The first-order chi connectivity index (χ1) is 7.58. The minimum atomic E-state index is -0.190. The average Bonchev–Trinajstić information content (AvgIpc) is 2.25. The average molecular weight is 241 g/mol. The van der Waals surface area contributed by atoms with Crippen LogP contribution in [0, 0.1) is 5.92 Å². The molecule has 0 fully saturated rings. The number of rotatable bonds is 3. The molecule has 1 heterocycles. The molecule has 1 aliphatic heterocycles. The summed E-state index contributed by atoms with van der Waals surface area (Å²) in [6, 6.07) is 0. The van der Waals surface area contributed by atoms with Gasteiger partial charge in [-0.1, -0.05) is 18.7 Å². The van der Waals surface area contributed by atoms with Crippen molar-refractivity contribution in [3.8, 4) is 0 Å². The van der Waals surface area contributed by atoms with Crippen molar-refractivity contribution in [2.75, 3.05) is 12.8 Å². The summed E-state index contributed by atoms with van der Waals surface area (Å²) < 4.78 is 0. The maximum atomic E-state index is 11.6. The number of hydrogen-bond acceptors (Lipinski definition) is 4. The molecular weight excluding hydrogens is 226 g/mol. The Morgan fingerprint density at radius 1 is 1.50 bits per heavy atom. The Balaban J connectivity index is 2.64. The van der Waals surface area contributed by atoms with Gasteiger partial charge in [0, 0.05) is 12.8 Å². The predicted molar refractivity (Wildman–Crippen MR) is 65.9 cm³/mol. The first kappa shape index (κ1) is 12.9. The van der Waals surface area contributed by atoms with Gasteiger partial charge in [-0.05, 0) is 13.3 Å². The van der Waals surface area contributed by atoms with Crippen molar-refractivity contribution in [1.82, 2.24) is 5.32 Å². The van der Waals surface area contributed by atoms with Gasteiger partial charge in [0.1, 0.15) is 0 Å². The van der Waals surface area contributed by atoms with Crippen molar-refractivity contribution < 1.29 is 9.59 Å². The van der Waals surface area contributed by atoms with E-state index < -0.39 is 0 Å². The molecule has 1 rings (SSSR count). The number of amidine groups is 1. The lowest BCUT2D eigenvalue weighted by molar-refractivity contribution is -0.120. The Labute approximate surface area is 98.8 Å². The number of amides is 2. The zero-order valence-corrected chi connectivity index (χ0v) is 10.4. The predicted octanol–water partition coefficient (Wildman–Crippen LogP) is 0.849. The van der Waals surface area contributed by atoms with Gasteiger partial charge >= 0.3 is 0 Å². The number of hydrogen-bond donors (Lipinski definition) is 1. The summed E-state index contributed by atoms with van der Waals surface area (Å²) in [5, 5.41) is 2.88. The molecule has 2 amide bonds. The van der Waals surface area contributed by atoms with Crippen LogP contribution >= 0.6 is 11.8 Å². The molecule has 0 aromatic heterocycles. The van der Waals surface area contributed by atoms with Gasteiger partial charge in [-0.2, -0.15) is 4.99 Å². The second-order valence-electron chi connectivity index (χ2n) is 3.41. The number of thioether (sulfide) groups is 1. The number of nitrogens with one attached hydrogen (secondary N) is 1. The van der Waals surface area contributed by atoms with Crippen LogP contribution in [0.25, 0.3) is 0 Å². The lowest BCUT2D eigenvalue weighted by atomic mass is 10.0. The van der Waals surface area contributed by atoms with Crippen molar-refractivity contribution in [3.05, 3.63) is 0 Å². The lowest BCUT2D eigenvalue weighted by Crippen LogP contribution is -2.26. The lowest BCUT2D eigenvalue weighted by Gasteiger charge is -2.15. The van der Waals surface area contributed by atoms with Gasteiger partial charge in [-0.3, -0.25) is 9.59 Å². The van der Waals surface area contributed by atoms with Crippen molar-refractivity contribution in [1.29, 1.82) is 0 Å². The minimum absolute atomic E-state index is 0.106. The molecule has 1 aliphatic rings. The summed E-state index contributed by atoms with van der Waals surface area (Å²) in [4.78, 5) is 30.7. The highest BCUT2D eigenvalue weighted by atomic mass is 32.2. The van der Waals surface area contributed by atoms with Crippen LogP contribution in [0.2, 0.25) is 0 Å².